The third-order valence-corrected chi connectivity index (χ3v) is 4.03. The van der Waals surface area contributed by atoms with Crippen LogP contribution in [0.1, 0.15) is 34.8 Å². The van der Waals surface area contributed by atoms with Crippen LogP contribution in [0.15, 0.2) is 41.3 Å². The number of nitrogens with zero attached hydrogens (tertiary/aromatic N) is 3. The zero-order valence-corrected chi connectivity index (χ0v) is 14.4. The summed E-state index contributed by atoms with van der Waals surface area (Å²) >= 11 is 0. The molecule has 0 aromatic carbocycles. The smallest absolute Gasteiger partial charge is 0.289 e. The largest absolute Gasteiger partial charge is 0.459 e. The predicted octanol–water partition coefficient (Wildman–Crippen LogP) is 2.09. The molecule has 0 atom stereocenters. The number of furan rings is 1. The van der Waals surface area contributed by atoms with Gasteiger partial charge in [-0.25, -0.2) is 0 Å². The molecule has 2 aromatic rings. The third-order valence-electron chi connectivity index (χ3n) is 4.03. The summed E-state index contributed by atoms with van der Waals surface area (Å²) in [5.74, 6) is 0.128. The summed E-state index contributed by atoms with van der Waals surface area (Å²) in [6, 6.07) is 5.43. The van der Waals surface area contributed by atoms with E-state index in [2.05, 4.69) is 10.3 Å². The Bertz CT molecular complexity index is 735. The molecule has 0 radical (unpaired) electrons. The van der Waals surface area contributed by atoms with Crippen molar-refractivity contribution in [3.8, 4) is 0 Å². The Morgan fingerprint density at radius 3 is 2.40 bits per heavy atom. The average molecular weight is 342 g/mol. The zero-order valence-electron chi connectivity index (χ0n) is 14.4. The minimum absolute atomic E-state index is 0.0648. The van der Waals surface area contributed by atoms with E-state index in [1.165, 1.54) is 6.26 Å². The summed E-state index contributed by atoms with van der Waals surface area (Å²) in [5.41, 5.74) is 1.38. The molecule has 132 valence electrons. The molecule has 7 nitrogen and oxygen atoms in total. The van der Waals surface area contributed by atoms with Crippen LogP contribution >= 0.6 is 0 Å². The van der Waals surface area contributed by atoms with Crippen LogP contribution in [0.3, 0.4) is 0 Å². The minimum Gasteiger partial charge on any atom is -0.459 e. The van der Waals surface area contributed by atoms with Crippen molar-refractivity contribution in [1.82, 2.24) is 14.8 Å². The van der Waals surface area contributed by atoms with Gasteiger partial charge in [-0.1, -0.05) is 0 Å². The molecule has 0 bridgehead atoms. The summed E-state index contributed by atoms with van der Waals surface area (Å²) in [7, 11) is 0. The Labute approximate surface area is 146 Å². The summed E-state index contributed by atoms with van der Waals surface area (Å²) in [4.78, 5) is 32.5. The predicted molar refractivity (Wildman–Crippen MR) is 93.5 cm³/mol. The summed E-state index contributed by atoms with van der Waals surface area (Å²) < 4.78 is 5.15. The number of rotatable bonds is 4. The highest BCUT2D eigenvalue weighted by molar-refractivity contribution is 5.95. The SMILES string of the molecule is CC(C)Nc1cncc(C(=O)N2CCN(C(=O)c3ccco3)CC2)c1. The number of hydrogen-bond donors (Lipinski definition) is 1. The van der Waals surface area contributed by atoms with E-state index in [-0.39, 0.29) is 17.9 Å². The first-order valence-corrected chi connectivity index (χ1v) is 8.38. The van der Waals surface area contributed by atoms with Crippen molar-refractivity contribution in [2.45, 2.75) is 19.9 Å². The number of anilines is 1. The molecular formula is C18H22N4O3. The number of pyridine rings is 1. The summed E-state index contributed by atoms with van der Waals surface area (Å²) in [6.07, 6.45) is 4.77. The van der Waals surface area contributed by atoms with Crippen LogP contribution in [0.2, 0.25) is 0 Å². The van der Waals surface area contributed by atoms with Gasteiger partial charge in [-0.2, -0.15) is 0 Å². The lowest BCUT2D eigenvalue weighted by Gasteiger charge is -2.34. The first-order valence-electron chi connectivity index (χ1n) is 8.38. The Balaban J connectivity index is 1.61. The zero-order chi connectivity index (χ0) is 17.8. The van der Waals surface area contributed by atoms with Crippen LogP contribution in [-0.4, -0.2) is 58.8 Å². The third kappa shape index (κ3) is 3.99. The minimum atomic E-state index is -0.137. The van der Waals surface area contributed by atoms with Crippen molar-refractivity contribution in [2.24, 2.45) is 0 Å². The monoisotopic (exact) mass is 342 g/mol. The van der Waals surface area contributed by atoms with Crippen molar-refractivity contribution < 1.29 is 14.0 Å². The standard InChI is InChI=1S/C18H22N4O3/c1-13(2)20-15-10-14(11-19-12-15)17(23)21-5-7-22(8-6-21)18(24)16-4-3-9-25-16/h3-4,9-13,20H,5-8H2,1-2H3. The molecule has 1 saturated heterocycles. The fraction of sp³-hybridized carbons (Fsp3) is 0.389. The Kier molecular flexibility index (Phi) is 5.02. The molecular weight excluding hydrogens is 320 g/mol. The summed E-state index contributed by atoms with van der Waals surface area (Å²) in [5, 5.41) is 3.24. The van der Waals surface area contributed by atoms with Crippen molar-refractivity contribution in [2.75, 3.05) is 31.5 Å². The molecule has 1 fully saturated rings. The fourth-order valence-corrected chi connectivity index (χ4v) is 2.82. The van der Waals surface area contributed by atoms with Gasteiger partial charge in [0.05, 0.1) is 17.5 Å². The van der Waals surface area contributed by atoms with Gasteiger partial charge in [0, 0.05) is 44.6 Å². The first-order chi connectivity index (χ1) is 12.0. The number of carbonyl (C=O) groups excluding carboxylic acids is 2. The maximum absolute atomic E-state index is 12.7. The van der Waals surface area contributed by atoms with E-state index in [9.17, 15) is 9.59 Å². The quantitative estimate of drug-likeness (QED) is 0.920. The van der Waals surface area contributed by atoms with Gasteiger partial charge in [0.25, 0.3) is 11.8 Å². The van der Waals surface area contributed by atoms with Gasteiger partial charge < -0.3 is 19.5 Å². The number of carbonyl (C=O) groups is 2. The molecule has 1 aliphatic rings. The molecule has 0 aliphatic carbocycles. The van der Waals surface area contributed by atoms with Crippen molar-refractivity contribution in [1.29, 1.82) is 0 Å². The van der Waals surface area contributed by atoms with Crippen LogP contribution in [-0.2, 0) is 0 Å². The highest BCUT2D eigenvalue weighted by atomic mass is 16.3. The Morgan fingerprint density at radius 1 is 1.12 bits per heavy atom. The van der Waals surface area contributed by atoms with Gasteiger partial charge in [0.1, 0.15) is 0 Å². The summed E-state index contributed by atoms with van der Waals surface area (Å²) in [6.45, 7) is 6.03. The average Bonchev–Trinajstić information content (AvgIpc) is 3.15. The van der Waals surface area contributed by atoms with Gasteiger partial charge in [-0.3, -0.25) is 14.6 Å². The maximum Gasteiger partial charge on any atom is 0.289 e. The maximum atomic E-state index is 12.7. The van der Waals surface area contributed by atoms with E-state index in [4.69, 9.17) is 4.42 Å². The van der Waals surface area contributed by atoms with Crippen molar-refractivity contribution in [3.63, 3.8) is 0 Å². The van der Waals surface area contributed by atoms with Crippen LogP contribution < -0.4 is 5.32 Å². The molecule has 1 N–H and O–H groups in total. The van der Waals surface area contributed by atoms with E-state index in [0.29, 0.717) is 37.5 Å². The second-order valence-electron chi connectivity index (χ2n) is 6.32. The van der Waals surface area contributed by atoms with Gasteiger partial charge in [0.2, 0.25) is 0 Å². The van der Waals surface area contributed by atoms with Crippen molar-refractivity contribution >= 4 is 17.5 Å². The topological polar surface area (TPSA) is 78.7 Å². The molecule has 3 heterocycles. The lowest BCUT2D eigenvalue weighted by atomic mass is 10.2. The van der Waals surface area contributed by atoms with E-state index in [0.717, 1.165) is 5.69 Å². The van der Waals surface area contributed by atoms with Crippen LogP contribution in [0.4, 0.5) is 5.69 Å². The Morgan fingerprint density at radius 2 is 1.80 bits per heavy atom. The molecule has 3 rings (SSSR count). The molecule has 0 spiro atoms. The van der Waals surface area contributed by atoms with Crippen LogP contribution in [0.5, 0.6) is 0 Å². The number of amides is 2. The second kappa shape index (κ2) is 7.38. The van der Waals surface area contributed by atoms with E-state index < -0.39 is 0 Å². The van der Waals surface area contributed by atoms with Crippen LogP contribution in [0.25, 0.3) is 0 Å². The fourth-order valence-electron chi connectivity index (χ4n) is 2.82. The second-order valence-corrected chi connectivity index (χ2v) is 6.32. The highest BCUT2D eigenvalue weighted by Crippen LogP contribution is 2.15. The van der Waals surface area contributed by atoms with Gasteiger partial charge in [0.15, 0.2) is 5.76 Å². The number of piperazine rings is 1. The molecule has 7 heteroatoms. The first kappa shape index (κ1) is 17.0. The van der Waals surface area contributed by atoms with E-state index in [1.807, 2.05) is 19.9 Å². The van der Waals surface area contributed by atoms with Gasteiger partial charge >= 0.3 is 0 Å². The highest BCUT2D eigenvalue weighted by Gasteiger charge is 2.26. The normalized spacial score (nSPS) is 14.7. The lowest BCUT2D eigenvalue weighted by molar-refractivity contribution is 0.0518. The number of nitrogens with one attached hydrogen (secondary N) is 1. The molecule has 0 unspecified atom stereocenters. The Hall–Kier alpha value is -2.83. The van der Waals surface area contributed by atoms with Gasteiger partial charge in [-0.05, 0) is 32.0 Å². The molecule has 0 saturated carbocycles. The number of hydrogen-bond acceptors (Lipinski definition) is 5. The molecule has 25 heavy (non-hydrogen) atoms. The van der Waals surface area contributed by atoms with E-state index >= 15 is 0 Å². The molecule has 1 aliphatic heterocycles. The molecule has 2 aromatic heterocycles. The van der Waals surface area contributed by atoms with Crippen LogP contribution in [0, 0.1) is 0 Å². The van der Waals surface area contributed by atoms with Crippen molar-refractivity contribution in [3.05, 3.63) is 48.2 Å². The molecule has 2 amide bonds. The lowest BCUT2D eigenvalue weighted by Crippen LogP contribution is -2.50. The van der Waals surface area contributed by atoms with Gasteiger partial charge in [-0.15, -0.1) is 0 Å². The number of aromatic nitrogens is 1. The van der Waals surface area contributed by atoms with E-state index in [1.54, 1.807) is 34.3 Å².